The highest BCUT2D eigenvalue weighted by atomic mass is 19.3. The summed E-state index contributed by atoms with van der Waals surface area (Å²) in [4.78, 5) is 0. The normalized spacial score (nSPS) is 20.4. The lowest BCUT2D eigenvalue weighted by Gasteiger charge is -2.21. The van der Waals surface area contributed by atoms with Crippen molar-refractivity contribution in [1.82, 2.24) is 5.32 Å². The van der Waals surface area contributed by atoms with Crippen molar-refractivity contribution in [1.29, 1.82) is 0 Å². The molecule has 1 N–H and O–H groups in total. The van der Waals surface area contributed by atoms with E-state index in [2.05, 4.69) is 10.1 Å². The van der Waals surface area contributed by atoms with E-state index in [-0.39, 0.29) is 11.8 Å². The SMILES string of the molecule is FC(F)C(F)(F)Oc1ccccc1[C@@H]1CCCN1. The summed E-state index contributed by atoms with van der Waals surface area (Å²) in [6.45, 7) is 0.782. The van der Waals surface area contributed by atoms with Crippen molar-refractivity contribution in [2.75, 3.05) is 6.54 Å². The van der Waals surface area contributed by atoms with Gasteiger partial charge >= 0.3 is 12.5 Å². The Morgan fingerprint density at radius 1 is 1.28 bits per heavy atom. The highest BCUT2D eigenvalue weighted by molar-refractivity contribution is 5.36. The third-order valence-corrected chi connectivity index (χ3v) is 2.85. The van der Waals surface area contributed by atoms with Crippen molar-refractivity contribution >= 4 is 0 Å². The lowest BCUT2D eigenvalue weighted by molar-refractivity contribution is -0.253. The van der Waals surface area contributed by atoms with Crippen LogP contribution in [-0.4, -0.2) is 19.1 Å². The van der Waals surface area contributed by atoms with Crippen LogP contribution < -0.4 is 10.1 Å². The largest absolute Gasteiger partial charge is 0.461 e. The maximum Gasteiger partial charge on any atom is 0.461 e. The van der Waals surface area contributed by atoms with Crippen LogP contribution in [0.4, 0.5) is 17.6 Å². The molecule has 0 spiro atoms. The predicted molar refractivity (Wildman–Crippen MR) is 58.0 cm³/mol. The molecule has 0 bridgehead atoms. The van der Waals surface area contributed by atoms with Crippen molar-refractivity contribution in [2.45, 2.75) is 31.4 Å². The Morgan fingerprint density at radius 3 is 2.61 bits per heavy atom. The molecule has 1 fully saturated rings. The van der Waals surface area contributed by atoms with Crippen molar-refractivity contribution in [3.05, 3.63) is 29.8 Å². The van der Waals surface area contributed by atoms with Crippen LogP contribution in [0.15, 0.2) is 24.3 Å². The molecule has 0 aromatic heterocycles. The van der Waals surface area contributed by atoms with Crippen LogP contribution in [0.25, 0.3) is 0 Å². The molecule has 1 saturated heterocycles. The first kappa shape index (κ1) is 13.1. The molecule has 1 aromatic rings. The second-order valence-corrected chi connectivity index (χ2v) is 4.15. The summed E-state index contributed by atoms with van der Waals surface area (Å²) in [6, 6.07) is 5.93. The number of hydrogen-bond acceptors (Lipinski definition) is 2. The predicted octanol–water partition coefficient (Wildman–Crippen LogP) is 3.35. The van der Waals surface area contributed by atoms with Crippen LogP contribution in [0.2, 0.25) is 0 Å². The molecule has 0 unspecified atom stereocenters. The molecule has 100 valence electrons. The van der Waals surface area contributed by atoms with Gasteiger partial charge in [-0.15, -0.1) is 0 Å². The number of hydrogen-bond donors (Lipinski definition) is 1. The number of rotatable bonds is 4. The molecule has 0 saturated carbocycles. The molecule has 0 amide bonds. The fourth-order valence-electron chi connectivity index (χ4n) is 2.00. The molecule has 1 heterocycles. The second kappa shape index (κ2) is 5.14. The summed E-state index contributed by atoms with van der Waals surface area (Å²) in [5, 5.41) is 3.12. The van der Waals surface area contributed by atoms with E-state index in [0.717, 1.165) is 19.4 Å². The molecular weight excluding hydrogens is 250 g/mol. The Hall–Kier alpha value is -1.30. The summed E-state index contributed by atoms with van der Waals surface area (Å²) < 4.78 is 54.2. The second-order valence-electron chi connectivity index (χ2n) is 4.15. The van der Waals surface area contributed by atoms with E-state index in [0.29, 0.717) is 5.56 Å². The summed E-state index contributed by atoms with van der Waals surface area (Å²) >= 11 is 0. The van der Waals surface area contributed by atoms with Crippen molar-refractivity contribution < 1.29 is 22.3 Å². The van der Waals surface area contributed by atoms with E-state index in [9.17, 15) is 17.6 Å². The fraction of sp³-hybridized carbons (Fsp3) is 0.500. The van der Waals surface area contributed by atoms with Gasteiger partial charge in [0, 0.05) is 11.6 Å². The molecular formula is C12H13F4NO. The van der Waals surface area contributed by atoms with Crippen molar-refractivity contribution in [3.63, 3.8) is 0 Å². The fourth-order valence-corrected chi connectivity index (χ4v) is 2.00. The molecule has 1 aliphatic rings. The minimum atomic E-state index is -4.46. The van der Waals surface area contributed by atoms with Gasteiger partial charge in [0.05, 0.1) is 0 Å². The Labute approximate surface area is 102 Å². The first-order chi connectivity index (χ1) is 8.50. The maximum absolute atomic E-state index is 12.9. The van der Waals surface area contributed by atoms with E-state index in [1.807, 2.05) is 0 Å². The molecule has 2 rings (SSSR count). The van der Waals surface area contributed by atoms with Gasteiger partial charge < -0.3 is 10.1 Å². The van der Waals surface area contributed by atoms with Gasteiger partial charge in [-0.05, 0) is 25.5 Å². The molecule has 1 aliphatic heterocycles. The van der Waals surface area contributed by atoms with Crippen LogP contribution in [0.1, 0.15) is 24.4 Å². The van der Waals surface area contributed by atoms with Crippen LogP contribution in [0, 0.1) is 0 Å². The Morgan fingerprint density at radius 2 is 2.00 bits per heavy atom. The smallest absolute Gasteiger partial charge is 0.428 e. The third kappa shape index (κ3) is 2.75. The topological polar surface area (TPSA) is 21.3 Å². The Bertz CT molecular complexity index is 405. The Balaban J connectivity index is 2.22. The first-order valence-electron chi connectivity index (χ1n) is 5.68. The van der Waals surface area contributed by atoms with Gasteiger partial charge in [-0.1, -0.05) is 18.2 Å². The van der Waals surface area contributed by atoms with Gasteiger partial charge in [-0.2, -0.15) is 17.6 Å². The standard InChI is InChI=1S/C12H13F4NO/c13-11(14)12(15,16)18-10-6-2-1-4-8(10)9-5-3-7-17-9/h1-2,4,6,9,11,17H,3,5,7H2/t9-/m0/s1. The Kier molecular flexibility index (Phi) is 3.75. The van der Waals surface area contributed by atoms with E-state index in [1.54, 1.807) is 12.1 Å². The maximum atomic E-state index is 12.9. The number of ether oxygens (including phenoxy) is 1. The minimum absolute atomic E-state index is 0.116. The van der Waals surface area contributed by atoms with Crippen LogP contribution >= 0.6 is 0 Å². The van der Waals surface area contributed by atoms with Gasteiger partial charge in [0.1, 0.15) is 5.75 Å². The molecule has 1 atom stereocenters. The molecule has 0 radical (unpaired) electrons. The number of para-hydroxylation sites is 1. The van der Waals surface area contributed by atoms with Crippen molar-refractivity contribution in [2.24, 2.45) is 0 Å². The number of nitrogens with one attached hydrogen (secondary N) is 1. The van der Waals surface area contributed by atoms with Crippen LogP contribution in [-0.2, 0) is 0 Å². The van der Waals surface area contributed by atoms with Gasteiger partial charge in [0.25, 0.3) is 0 Å². The highest BCUT2D eigenvalue weighted by Gasteiger charge is 2.44. The monoisotopic (exact) mass is 263 g/mol. The van der Waals surface area contributed by atoms with Gasteiger partial charge in [0.15, 0.2) is 0 Å². The average molecular weight is 263 g/mol. The van der Waals surface area contributed by atoms with E-state index >= 15 is 0 Å². The molecule has 1 aromatic carbocycles. The number of benzene rings is 1. The molecule has 18 heavy (non-hydrogen) atoms. The average Bonchev–Trinajstić information content (AvgIpc) is 2.82. The summed E-state index contributed by atoms with van der Waals surface area (Å²) in [5.74, 6) is -0.192. The van der Waals surface area contributed by atoms with Crippen molar-refractivity contribution in [3.8, 4) is 5.75 Å². The summed E-state index contributed by atoms with van der Waals surface area (Å²) in [6.07, 6.45) is -6.61. The third-order valence-electron chi connectivity index (χ3n) is 2.85. The van der Waals surface area contributed by atoms with E-state index in [4.69, 9.17) is 0 Å². The molecule has 6 heteroatoms. The lowest BCUT2D eigenvalue weighted by atomic mass is 10.0. The molecule has 0 aliphatic carbocycles. The zero-order valence-corrected chi connectivity index (χ0v) is 9.51. The number of alkyl halides is 4. The minimum Gasteiger partial charge on any atom is -0.428 e. The zero-order valence-electron chi connectivity index (χ0n) is 9.51. The quantitative estimate of drug-likeness (QED) is 0.841. The van der Waals surface area contributed by atoms with Crippen LogP contribution in [0.5, 0.6) is 5.75 Å². The number of halogens is 4. The zero-order chi connectivity index (χ0) is 13.2. The highest BCUT2D eigenvalue weighted by Crippen LogP contribution is 2.35. The molecule has 2 nitrogen and oxygen atoms in total. The van der Waals surface area contributed by atoms with E-state index < -0.39 is 12.5 Å². The van der Waals surface area contributed by atoms with Gasteiger partial charge in [0.2, 0.25) is 0 Å². The first-order valence-corrected chi connectivity index (χ1v) is 5.68. The van der Waals surface area contributed by atoms with Gasteiger partial charge in [-0.3, -0.25) is 0 Å². The van der Waals surface area contributed by atoms with E-state index in [1.165, 1.54) is 12.1 Å². The van der Waals surface area contributed by atoms with Gasteiger partial charge in [-0.25, -0.2) is 0 Å². The van der Waals surface area contributed by atoms with Crippen LogP contribution in [0.3, 0.4) is 0 Å². The lowest BCUT2D eigenvalue weighted by Crippen LogP contribution is -2.34. The summed E-state index contributed by atoms with van der Waals surface area (Å²) in [5.41, 5.74) is 0.496. The summed E-state index contributed by atoms with van der Waals surface area (Å²) in [7, 11) is 0.